The molecule has 0 aliphatic carbocycles. The van der Waals surface area contributed by atoms with Gasteiger partial charge < -0.3 is 10.6 Å². The molecule has 0 radical (unpaired) electrons. The van der Waals surface area contributed by atoms with E-state index in [0.29, 0.717) is 21.8 Å². The predicted octanol–water partition coefficient (Wildman–Crippen LogP) is 2.49. The van der Waals surface area contributed by atoms with E-state index in [2.05, 4.69) is 41.5 Å². The molecule has 2 aromatic rings. The van der Waals surface area contributed by atoms with E-state index in [1.165, 1.54) is 12.4 Å². The molecule has 2 heterocycles. The minimum absolute atomic E-state index is 0.241. The number of rotatable bonds is 4. The van der Waals surface area contributed by atoms with Crippen LogP contribution in [0.3, 0.4) is 0 Å². The standard InChI is InChI=1S/C13H14BrN5O/c1-3-9-4-8(5-11(15-2)18-9)13(20)19-12-7-16-10(14)6-17-12/h4-7H,3H2,1-2H3,(H,15,18)(H,17,19,20). The van der Waals surface area contributed by atoms with Crippen molar-refractivity contribution in [2.75, 3.05) is 17.7 Å². The predicted molar refractivity (Wildman–Crippen MR) is 80.8 cm³/mol. The maximum absolute atomic E-state index is 12.2. The number of hydrogen-bond donors (Lipinski definition) is 2. The molecule has 0 unspecified atom stereocenters. The van der Waals surface area contributed by atoms with Gasteiger partial charge in [-0.3, -0.25) is 4.79 Å². The molecule has 6 nitrogen and oxygen atoms in total. The van der Waals surface area contributed by atoms with Crippen molar-refractivity contribution in [3.8, 4) is 0 Å². The quantitative estimate of drug-likeness (QED) is 0.897. The number of anilines is 2. The number of aromatic nitrogens is 3. The number of nitrogens with one attached hydrogen (secondary N) is 2. The summed E-state index contributed by atoms with van der Waals surface area (Å²) in [6, 6.07) is 3.46. The van der Waals surface area contributed by atoms with Crippen LogP contribution in [0, 0.1) is 0 Å². The largest absolute Gasteiger partial charge is 0.373 e. The van der Waals surface area contributed by atoms with Crippen LogP contribution in [0.15, 0.2) is 29.1 Å². The van der Waals surface area contributed by atoms with Crippen molar-refractivity contribution >= 4 is 33.5 Å². The minimum Gasteiger partial charge on any atom is -0.373 e. The lowest BCUT2D eigenvalue weighted by molar-refractivity contribution is 0.102. The minimum atomic E-state index is -0.241. The first-order chi connectivity index (χ1) is 9.62. The van der Waals surface area contributed by atoms with E-state index in [1.54, 1.807) is 19.2 Å². The number of aryl methyl sites for hydroxylation is 1. The van der Waals surface area contributed by atoms with Gasteiger partial charge in [0.05, 0.1) is 12.4 Å². The monoisotopic (exact) mass is 335 g/mol. The molecule has 0 spiro atoms. The van der Waals surface area contributed by atoms with Gasteiger partial charge in [-0.1, -0.05) is 6.92 Å². The zero-order valence-corrected chi connectivity index (χ0v) is 12.7. The third-order valence-electron chi connectivity index (χ3n) is 2.62. The molecule has 2 N–H and O–H groups in total. The van der Waals surface area contributed by atoms with Crippen LogP contribution in [-0.4, -0.2) is 27.9 Å². The van der Waals surface area contributed by atoms with Gasteiger partial charge in [0.1, 0.15) is 10.4 Å². The van der Waals surface area contributed by atoms with Crippen molar-refractivity contribution in [3.05, 3.63) is 40.4 Å². The highest BCUT2D eigenvalue weighted by molar-refractivity contribution is 9.10. The highest BCUT2D eigenvalue weighted by Gasteiger charge is 2.10. The molecule has 0 fully saturated rings. The first kappa shape index (κ1) is 14.4. The van der Waals surface area contributed by atoms with E-state index in [-0.39, 0.29) is 5.91 Å². The zero-order chi connectivity index (χ0) is 14.5. The Morgan fingerprint density at radius 1 is 1.25 bits per heavy atom. The first-order valence-corrected chi connectivity index (χ1v) is 6.89. The maximum atomic E-state index is 12.2. The van der Waals surface area contributed by atoms with Gasteiger partial charge in [0.15, 0.2) is 5.82 Å². The summed E-state index contributed by atoms with van der Waals surface area (Å²) < 4.78 is 0.616. The number of amides is 1. The Kier molecular flexibility index (Phi) is 4.62. The summed E-state index contributed by atoms with van der Waals surface area (Å²) >= 11 is 3.19. The van der Waals surface area contributed by atoms with Crippen molar-refractivity contribution in [3.63, 3.8) is 0 Å². The molecule has 104 valence electrons. The van der Waals surface area contributed by atoms with Crippen LogP contribution in [0.2, 0.25) is 0 Å². The highest BCUT2D eigenvalue weighted by atomic mass is 79.9. The SMILES string of the molecule is CCc1cc(C(=O)Nc2cnc(Br)cn2)cc(NC)n1. The summed E-state index contributed by atoms with van der Waals surface area (Å²) in [4.78, 5) is 24.6. The molecule has 0 aromatic carbocycles. The molecule has 0 bridgehead atoms. The Hall–Kier alpha value is -2.02. The van der Waals surface area contributed by atoms with Gasteiger partial charge >= 0.3 is 0 Å². The number of halogens is 1. The normalized spacial score (nSPS) is 10.2. The Balaban J connectivity index is 2.22. The van der Waals surface area contributed by atoms with E-state index in [0.717, 1.165) is 12.1 Å². The van der Waals surface area contributed by atoms with Crippen molar-refractivity contribution in [1.29, 1.82) is 0 Å². The molecule has 0 aliphatic heterocycles. The lowest BCUT2D eigenvalue weighted by Crippen LogP contribution is -2.14. The summed E-state index contributed by atoms with van der Waals surface area (Å²) in [5.41, 5.74) is 1.38. The summed E-state index contributed by atoms with van der Waals surface area (Å²) in [6.45, 7) is 1.99. The average Bonchev–Trinajstić information content (AvgIpc) is 2.48. The van der Waals surface area contributed by atoms with E-state index in [4.69, 9.17) is 0 Å². The smallest absolute Gasteiger partial charge is 0.257 e. The van der Waals surface area contributed by atoms with Gasteiger partial charge in [-0.2, -0.15) is 0 Å². The molecule has 0 saturated carbocycles. The summed E-state index contributed by atoms with van der Waals surface area (Å²) in [6.07, 6.45) is 3.77. The van der Waals surface area contributed by atoms with Crippen LogP contribution >= 0.6 is 15.9 Å². The Morgan fingerprint density at radius 2 is 2.05 bits per heavy atom. The van der Waals surface area contributed by atoms with Crippen LogP contribution in [0.4, 0.5) is 11.6 Å². The number of hydrogen-bond acceptors (Lipinski definition) is 5. The van der Waals surface area contributed by atoms with Gasteiger partial charge in [0.2, 0.25) is 0 Å². The number of carbonyl (C=O) groups excluding carboxylic acids is 1. The van der Waals surface area contributed by atoms with Crippen molar-refractivity contribution in [1.82, 2.24) is 15.0 Å². The molecular weight excluding hydrogens is 322 g/mol. The zero-order valence-electron chi connectivity index (χ0n) is 11.1. The van der Waals surface area contributed by atoms with Gasteiger partial charge in [-0.25, -0.2) is 15.0 Å². The van der Waals surface area contributed by atoms with E-state index >= 15 is 0 Å². The molecular formula is C13H14BrN5O. The van der Waals surface area contributed by atoms with Gasteiger partial charge in [-0.05, 0) is 34.5 Å². The Morgan fingerprint density at radius 3 is 2.65 bits per heavy atom. The van der Waals surface area contributed by atoms with E-state index in [9.17, 15) is 4.79 Å². The third kappa shape index (κ3) is 3.51. The molecule has 20 heavy (non-hydrogen) atoms. The van der Waals surface area contributed by atoms with Gasteiger partial charge in [0, 0.05) is 18.3 Å². The van der Waals surface area contributed by atoms with E-state index in [1.807, 2.05) is 6.92 Å². The number of carbonyl (C=O) groups is 1. The lowest BCUT2D eigenvalue weighted by Gasteiger charge is -2.08. The molecule has 1 amide bonds. The lowest BCUT2D eigenvalue weighted by atomic mass is 10.2. The molecule has 0 atom stereocenters. The summed E-state index contributed by atoms with van der Waals surface area (Å²) in [5, 5.41) is 5.64. The maximum Gasteiger partial charge on any atom is 0.257 e. The van der Waals surface area contributed by atoms with Crippen LogP contribution < -0.4 is 10.6 Å². The first-order valence-electron chi connectivity index (χ1n) is 6.10. The topological polar surface area (TPSA) is 79.8 Å². The van der Waals surface area contributed by atoms with Crippen molar-refractivity contribution < 1.29 is 4.79 Å². The van der Waals surface area contributed by atoms with Crippen molar-refractivity contribution in [2.45, 2.75) is 13.3 Å². The Bertz CT molecular complexity index is 592. The molecule has 0 saturated heterocycles. The second kappa shape index (κ2) is 6.42. The van der Waals surface area contributed by atoms with Gasteiger partial charge in [-0.15, -0.1) is 0 Å². The molecule has 2 rings (SSSR count). The fourth-order valence-corrected chi connectivity index (χ4v) is 1.80. The third-order valence-corrected chi connectivity index (χ3v) is 3.03. The van der Waals surface area contributed by atoms with Crippen LogP contribution in [-0.2, 0) is 6.42 Å². The number of nitrogens with zero attached hydrogens (tertiary/aromatic N) is 3. The second-order valence-corrected chi connectivity index (χ2v) is 4.83. The molecule has 0 aliphatic rings. The Labute approximate surface area is 125 Å². The van der Waals surface area contributed by atoms with Crippen LogP contribution in [0.5, 0.6) is 0 Å². The second-order valence-electron chi connectivity index (χ2n) is 4.01. The fraction of sp³-hybridized carbons (Fsp3) is 0.231. The highest BCUT2D eigenvalue weighted by Crippen LogP contribution is 2.13. The summed E-state index contributed by atoms with van der Waals surface area (Å²) in [7, 11) is 1.77. The van der Waals surface area contributed by atoms with Crippen LogP contribution in [0.25, 0.3) is 0 Å². The number of pyridine rings is 1. The van der Waals surface area contributed by atoms with Crippen LogP contribution in [0.1, 0.15) is 23.0 Å². The summed E-state index contributed by atoms with van der Waals surface area (Å²) in [5.74, 6) is 0.825. The van der Waals surface area contributed by atoms with Gasteiger partial charge in [0.25, 0.3) is 5.91 Å². The molecule has 7 heteroatoms. The molecule has 2 aromatic heterocycles. The van der Waals surface area contributed by atoms with Crippen molar-refractivity contribution in [2.24, 2.45) is 0 Å². The fourth-order valence-electron chi connectivity index (χ4n) is 1.59. The van der Waals surface area contributed by atoms with E-state index < -0.39 is 0 Å². The average molecular weight is 336 g/mol.